The number of benzene rings is 1. The molecule has 2 rings (SSSR count). The van der Waals surface area contributed by atoms with Crippen LogP contribution in [0.2, 0.25) is 0 Å². The van der Waals surface area contributed by atoms with Gasteiger partial charge in [0.25, 0.3) is 5.95 Å². The number of unbranched alkanes of at least 4 members (excludes halogenated alkanes) is 1. The summed E-state index contributed by atoms with van der Waals surface area (Å²) in [6.45, 7) is 1.36. The van der Waals surface area contributed by atoms with Crippen LogP contribution in [0.5, 0.6) is 0 Å². The van der Waals surface area contributed by atoms with Crippen LogP contribution in [0.4, 0.5) is 19.1 Å². The average Bonchev–Trinajstić information content (AvgIpc) is 2.68. The van der Waals surface area contributed by atoms with E-state index in [0.29, 0.717) is 16.0 Å². The van der Waals surface area contributed by atoms with Gasteiger partial charge < -0.3 is 0 Å². The normalized spacial score (nSPS) is 12.6. The summed E-state index contributed by atoms with van der Waals surface area (Å²) in [7, 11) is 0. The van der Waals surface area contributed by atoms with E-state index in [0.717, 1.165) is 5.56 Å². The second-order valence-electron chi connectivity index (χ2n) is 6.55. The van der Waals surface area contributed by atoms with E-state index in [4.69, 9.17) is 5.84 Å². The molecule has 1 aromatic heterocycles. The molecule has 0 spiro atoms. The van der Waals surface area contributed by atoms with Crippen molar-refractivity contribution >= 4 is 29.3 Å². The summed E-state index contributed by atoms with van der Waals surface area (Å²) in [5, 5.41) is 18.1. The summed E-state index contributed by atoms with van der Waals surface area (Å²) in [5.74, 6) is 3.82. The van der Waals surface area contributed by atoms with Crippen LogP contribution in [0, 0.1) is 12.8 Å². The number of aromatic nitrogens is 3. The van der Waals surface area contributed by atoms with Gasteiger partial charge in [0.15, 0.2) is 0 Å². The van der Waals surface area contributed by atoms with Crippen molar-refractivity contribution in [3.05, 3.63) is 23.8 Å². The number of rotatable bonds is 9. The predicted molar refractivity (Wildman–Crippen MR) is 96.3 cm³/mol. The quantitative estimate of drug-likeness (QED) is 0.161. The number of alkyl halides is 3. The Hall–Kier alpha value is -2.86. The third-order valence-electron chi connectivity index (χ3n) is 4.27. The molecule has 0 bridgehead atoms. The maximum atomic E-state index is 12.7. The molecule has 29 heavy (non-hydrogen) atoms. The van der Waals surface area contributed by atoms with Gasteiger partial charge in [0.05, 0.1) is 18.0 Å². The van der Waals surface area contributed by atoms with Crippen molar-refractivity contribution in [3.63, 3.8) is 0 Å². The maximum Gasteiger partial charge on any atom is 0.389 e. The fourth-order valence-corrected chi connectivity index (χ4v) is 2.77. The van der Waals surface area contributed by atoms with Gasteiger partial charge in [-0.15, -0.1) is 10.2 Å². The van der Waals surface area contributed by atoms with Crippen molar-refractivity contribution in [1.29, 1.82) is 0 Å². The molecule has 1 heterocycles. The number of carbonyl (C=O) groups excluding carboxylic acids is 2. The van der Waals surface area contributed by atoms with Gasteiger partial charge in [0.2, 0.25) is 12.3 Å². The first-order valence-corrected chi connectivity index (χ1v) is 8.78. The van der Waals surface area contributed by atoms with Gasteiger partial charge in [0, 0.05) is 6.42 Å². The zero-order valence-electron chi connectivity index (χ0n) is 15.6. The van der Waals surface area contributed by atoms with Gasteiger partial charge in [-0.3, -0.25) is 14.8 Å². The lowest BCUT2D eigenvalue weighted by atomic mass is 9.99. The second-order valence-corrected chi connectivity index (χ2v) is 6.55. The number of hydroxylamine groups is 2. The van der Waals surface area contributed by atoms with E-state index in [-0.39, 0.29) is 36.7 Å². The predicted octanol–water partition coefficient (Wildman–Crippen LogP) is 2.13. The molecule has 0 fully saturated rings. The number of fused-ring (bicyclic) bond motifs is 1. The highest BCUT2D eigenvalue weighted by molar-refractivity contribution is 5.93. The number of amides is 2. The minimum Gasteiger partial charge on any atom is -0.286 e. The number of anilines is 1. The first kappa shape index (κ1) is 22.4. The zero-order chi connectivity index (χ0) is 21.6. The molecule has 0 unspecified atom stereocenters. The lowest BCUT2D eigenvalue weighted by Crippen LogP contribution is -2.46. The van der Waals surface area contributed by atoms with Gasteiger partial charge in [0.1, 0.15) is 5.52 Å². The van der Waals surface area contributed by atoms with Crippen LogP contribution < -0.4 is 10.9 Å². The molecule has 0 aliphatic heterocycles. The zero-order valence-corrected chi connectivity index (χ0v) is 15.6. The summed E-state index contributed by atoms with van der Waals surface area (Å²) in [4.78, 5) is 27.6. The number of nitrogens with two attached hydrogens (primary N) is 1. The number of hydrazine groups is 1. The van der Waals surface area contributed by atoms with Crippen molar-refractivity contribution in [2.75, 3.05) is 11.6 Å². The van der Waals surface area contributed by atoms with E-state index in [1.165, 1.54) is 0 Å². The molecule has 0 aliphatic rings. The second kappa shape index (κ2) is 9.56. The third-order valence-corrected chi connectivity index (χ3v) is 4.27. The number of halogens is 3. The van der Waals surface area contributed by atoms with Gasteiger partial charge in [-0.2, -0.15) is 13.2 Å². The van der Waals surface area contributed by atoms with E-state index in [2.05, 4.69) is 15.2 Å². The Morgan fingerprint density at radius 3 is 2.69 bits per heavy atom. The Bertz CT molecular complexity index is 864. The highest BCUT2D eigenvalue weighted by Gasteiger charge is 2.29. The first-order valence-electron chi connectivity index (χ1n) is 8.78. The van der Waals surface area contributed by atoms with Crippen LogP contribution in [0.25, 0.3) is 11.0 Å². The molecule has 0 saturated carbocycles. The van der Waals surface area contributed by atoms with Crippen LogP contribution in [-0.4, -0.2) is 50.5 Å². The topological polar surface area (TPSA) is 126 Å². The van der Waals surface area contributed by atoms with Crippen molar-refractivity contribution in [2.45, 2.75) is 38.8 Å². The van der Waals surface area contributed by atoms with E-state index in [1.54, 1.807) is 25.1 Å². The fraction of sp³-hybridized carbons (Fsp3) is 0.471. The van der Waals surface area contributed by atoms with Gasteiger partial charge in [-0.1, -0.05) is 18.6 Å². The van der Waals surface area contributed by atoms with E-state index in [9.17, 15) is 28.0 Å². The Morgan fingerprint density at radius 1 is 1.31 bits per heavy atom. The SMILES string of the molecule is Cc1cccc2nnc(N(N)C(=O)[C@@H](CCCCC(F)(F)F)CN(O)C=O)nc12. The van der Waals surface area contributed by atoms with E-state index < -0.39 is 31.0 Å². The molecule has 158 valence electrons. The van der Waals surface area contributed by atoms with Crippen LogP contribution in [0.1, 0.15) is 31.2 Å². The van der Waals surface area contributed by atoms with Crippen LogP contribution >= 0.6 is 0 Å². The van der Waals surface area contributed by atoms with Crippen LogP contribution in [0.15, 0.2) is 18.2 Å². The Labute approximate surface area is 164 Å². The smallest absolute Gasteiger partial charge is 0.286 e. The molecule has 9 nitrogen and oxygen atoms in total. The Kier molecular flexibility index (Phi) is 7.40. The lowest BCUT2D eigenvalue weighted by Gasteiger charge is -2.23. The average molecular weight is 414 g/mol. The largest absolute Gasteiger partial charge is 0.389 e. The Morgan fingerprint density at radius 2 is 2.03 bits per heavy atom. The standard InChI is InChI=1S/C17H21F3N6O3/c1-11-5-4-7-13-14(11)22-16(24-23-13)26(21)15(28)12(9-25(29)10-27)6-2-3-8-17(18,19)20/h4-5,7,10,12,29H,2-3,6,8-9,21H2,1H3/t12-/m0/s1. The van der Waals surface area contributed by atoms with Crippen molar-refractivity contribution < 1.29 is 28.0 Å². The number of nitrogens with zero attached hydrogens (tertiary/aromatic N) is 5. The molecular formula is C17H21F3N6O3. The summed E-state index contributed by atoms with van der Waals surface area (Å²) in [6, 6.07) is 5.25. The molecular weight excluding hydrogens is 393 g/mol. The molecule has 1 atom stereocenters. The van der Waals surface area contributed by atoms with Crippen molar-refractivity contribution in [2.24, 2.45) is 11.8 Å². The number of hydrogen-bond acceptors (Lipinski definition) is 7. The monoisotopic (exact) mass is 414 g/mol. The maximum absolute atomic E-state index is 12.7. The summed E-state index contributed by atoms with van der Waals surface area (Å²) in [5.41, 5.74) is 1.77. The lowest BCUT2D eigenvalue weighted by molar-refractivity contribution is -0.154. The third kappa shape index (κ3) is 6.32. The number of para-hydroxylation sites is 1. The summed E-state index contributed by atoms with van der Waals surface area (Å²) < 4.78 is 36.9. The van der Waals surface area contributed by atoms with Gasteiger partial charge in [-0.05, 0) is 31.4 Å². The van der Waals surface area contributed by atoms with Gasteiger partial charge in [-0.25, -0.2) is 20.9 Å². The summed E-state index contributed by atoms with van der Waals surface area (Å²) >= 11 is 0. The first-order chi connectivity index (χ1) is 13.6. The van der Waals surface area contributed by atoms with Crippen LogP contribution in [0.3, 0.4) is 0 Å². The molecule has 12 heteroatoms. The number of hydrogen-bond donors (Lipinski definition) is 2. The number of aryl methyl sites for hydroxylation is 1. The fourth-order valence-electron chi connectivity index (χ4n) is 2.77. The molecule has 2 aromatic rings. The minimum absolute atomic E-state index is 0.0203. The molecule has 0 saturated heterocycles. The van der Waals surface area contributed by atoms with Crippen LogP contribution in [-0.2, 0) is 9.59 Å². The Balaban J connectivity index is 2.15. The van der Waals surface area contributed by atoms with Crippen molar-refractivity contribution in [1.82, 2.24) is 20.2 Å². The molecule has 2 amide bonds. The van der Waals surface area contributed by atoms with E-state index in [1.807, 2.05) is 0 Å². The summed E-state index contributed by atoms with van der Waals surface area (Å²) in [6.07, 6.45) is -5.37. The van der Waals surface area contributed by atoms with Gasteiger partial charge >= 0.3 is 6.18 Å². The highest BCUT2D eigenvalue weighted by Crippen LogP contribution is 2.24. The minimum atomic E-state index is -4.30. The number of carbonyl (C=O) groups is 2. The highest BCUT2D eigenvalue weighted by atomic mass is 19.4. The molecule has 0 aliphatic carbocycles. The molecule has 1 aromatic carbocycles. The van der Waals surface area contributed by atoms with Crippen molar-refractivity contribution in [3.8, 4) is 0 Å². The van der Waals surface area contributed by atoms with E-state index >= 15 is 0 Å². The molecule has 0 radical (unpaired) electrons. The molecule has 3 N–H and O–H groups in total.